The zero-order chi connectivity index (χ0) is 12.5. The summed E-state index contributed by atoms with van der Waals surface area (Å²) < 4.78 is 5.54. The normalized spacial score (nSPS) is 17.0. The number of nitrogens with one attached hydrogen (secondary N) is 1. The average molecular weight is 267 g/mol. The van der Waals surface area contributed by atoms with Gasteiger partial charge in [-0.05, 0) is 18.7 Å². The summed E-state index contributed by atoms with van der Waals surface area (Å²) >= 11 is 5.80. The highest BCUT2D eigenvalue weighted by atomic mass is 35.5. The van der Waals surface area contributed by atoms with Crippen LogP contribution in [0.15, 0.2) is 16.5 Å². The number of nitrogens with zero attached hydrogens (tertiary/aromatic N) is 3. The number of halogens is 1. The molecule has 3 rings (SSSR count). The summed E-state index contributed by atoms with van der Waals surface area (Å²) in [5.74, 6) is 0.677. The summed E-state index contributed by atoms with van der Waals surface area (Å²) in [5.41, 5.74) is 1.21. The molecule has 0 radical (unpaired) electrons. The van der Waals surface area contributed by atoms with Crippen LogP contribution in [0.4, 0.5) is 6.01 Å². The fourth-order valence-electron chi connectivity index (χ4n) is 2.17. The Balaban J connectivity index is 1.61. The smallest absolute Gasteiger partial charge is 0.297 e. The van der Waals surface area contributed by atoms with Crippen molar-refractivity contribution < 1.29 is 4.42 Å². The lowest BCUT2D eigenvalue weighted by Gasteiger charge is -2.38. The lowest BCUT2D eigenvalue weighted by Crippen LogP contribution is -2.49. The van der Waals surface area contributed by atoms with Crippen LogP contribution >= 0.6 is 11.6 Å². The largest absolute Gasteiger partial charge is 0.422 e. The molecular formula is C12H15ClN4O. The third kappa shape index (κ3) is 2.28. The number of anilines is 1. The molecule has 0 bridgehead atoms. The van der Waals surface area contributed by atoms with Crippen LogP contribution in [0.5, 0.6) is 0 Å². The molecule has 5 nitrogen and oxygen atoms in total. The van der Waals surface area contributed by atoms with Crippen molar-refractivity contribution in [3.63, 3.8) is 0 Å². The SMILES string of the molecule is CCN1CC(CNc2nc3nc(Cl)ccc3o2)C1. The molecule has 3 heterocycles. The van der Waals surface area contributed by atoms with Gasteiger partial charge < -0.3 is 14.6 Å². The Morgan fingerprint density at radius 1 is 1.44 bits per heavy atom. The number of rotatable bonds is 4. The first kappa shape index (κ1) is 11.7. The molecule has 0 unspecified atom stereocenters. The van der Waals surface area contributed by atoms with Crippen molar-refractivity contribution in [1.29, 1.82) is 0 Å². The number of hydrogen-bond acceptors (Lipinski definition) is 5. The average Bonchev–Trinajstić information content (AvgIpc) is 2.69. The number of pyridine rings is 1. The van der Waals surface area contributed by atoms with Crippen molar-refractivity contribution in [3.8, 4) is 0 Å². The van der Waals surface area contributed by atoms with E-state index in [2.05, 4.69) is 27.1 Å². The lowest BCUT2D eigenvalue weighted by molar-refractivity contribution is 0.116. The number of oxazole rings is 1. The van der Waals surface area contributed by atoms with Gasteiger partial charge in [0.15, 0.2) is 5.58 Å². The van der Waals surface area contributed by atoms with E-state index in [4.69, 9.17) is 16.0 Å². The Bertz CT molecular complexity index is 550. The van der Waals surface area contributed by atoms with E-state index in [0.717, 1.165) is 26.2 Å². The molecule has 6 heteroatoms. The number of likely N-dealkylation sites (tertiary alicyclic amines) is 1. The van der Waals surface area contributed by atoms with E-state index in [-0.39, 0.29) is 0 Å². The minimum Gasteiger partial charge on any atom is -0.422 e. The van der Waals surface area contributed by atoms with Crippen LogP contribution in [0.2, 0.25) is 5.15 Å². The number of aromatic nitrogens is 2. The van der Waals surface area contributed by atoms with Gasteiger partial charge in [-0.1, -0.05) is 18.5 Å². The third-order valence-corrected chi connectivity index (χ3v) is 3.45. The Morgan fingerprint density at radius 2 is 2.28 bits per heavy atom. The van der Waals surface area contributed by atoms with Gasteiger partial charge in [-0.2, -0.15) is 4.98 Å². The predicted octanol–water partition coefficient (Wildman–Crippen LogP) is 2.24. The summed E-state index contributed by atoms with van der Waals surface area (Å²) in [5, 5.41) is 3.64. The second-order valence-corrected chi connectivity index (χ2v) is 4.96. The molecule has 1 aliphatic heterocycles. The van der Waals surface area contributed by atoms with Gasteiger partial charge >= 0.3 is 0 Å². The molecule has 0 atom stereocenters. The summed E-state index contributed by atoms with van der Waals surface area (Å²) in [6.45, 7) is 6.49. The fourth-order valence-corrected chi connectivity index (χ4v) is 2.31. The minimum absolute atomic E-state index is 0.430. The molecule has 0 aliphatic carbocycles. The second-order valence-electron chi connectivity index (χ2n) is 4.57. The predicted molar refractivity (Wildman–Crippen MR) is 70.9 cm³/mol. The van der Waals surface area contributed by atoms with Crippen LogP contribution in [0.3, 0.4) is 0 Å². The van der Waals surface area contributed by atoms with Crippen LogP contribution < -0.4 is 5.32 Å². The molecule has 0 spiro atoms. The Kier molecular flexibility index (Phi) is 3.09. The fraction of sp³-hybridized carbons (Fsp3) is 0.500. The van der Waals surface area contributed by atoms with Gasteiger partial charge in [0.25, 0.3) is 6.01 Å². The van der Waals surface area contributed by atoms with E-state index < -0.39 is 0 Å². The summed E-state index contributed by atoms with van der Waals surface area (Å²) in [4.78, 5) is 10.8. The Morgan fingerprint density at radius 3 is 3.06 bits per heavy atom. The van der Waals surface area contributed by atoms with Crippen molar-refractivity contribution in [3.05, 3.63) is 17.3 Å². The molecule has 1 saturated heterocycles. The molecule has 0 saturated carbocycles. The summed E-state index contributed by atoms with van der Waals surface area (Å²) in [6, 6.07) is 4.00. The van der Waals surface area contributed by atoms with E-state index >= 15 is 0 Å². The standard InChI is InChI=1S/C12H15ClN4O/c1-2-17-6-8(7-17)5-14-12-16-11-9(18-12)3-4-10(13)15-11/h3-4,8H,2,5-7H2,1H3,(H,14,15,16). The lowest BCUT2D eigenvalue weighted by atomic mass is 10.0. The van der Waals surface area contributed by atoms with Gasteiger partial charge in [0, 0.05) is 25.6 Å². The molecule has 1 aliphatic rings. The highest BCUT2D eigenvalue weighted by Crippen LogP contribution is 2.20. The molecule has 96 valence electrons. The van der Waals surface area contributed by atoms with Crippen molar-refractivity contribution in [1.82, 2.24) is 14.9 Å². The van der Waals surface area contributed by atoms with E-state index in [0.29, 0.717) is 28.3 Å². The van der Waals surface area contributed by atoms with Gasteiger partial charge in [0.05, 0.1) is 0 Å². The molecule has 18 heavy (non-hydrogen) atoms. The summed E-state index contributed by atoms with van der Waals surface area (Å²) in [6.07, 6.45) is 0. The second kappa shape index (κ2) is 4.74. The van der Waals surface area contributed by atoms with Crippen molar-refractivity contribution in [2.45, 2.75) is 6.92 Å². The topological polar surface area (TPSA) is 54.2 Å². The van der Waals surface area contributed by atoms with Crippen molar-refractivity contribution in [2.24, 2.45) is 5.92 Å². The maximum Gasteiger partial charge on any atom is 0.297 e. The van der Waals surface area contributed by atoms with Gasteiger partial charge in [0.2, 0.25) is 5.65 Å². The van der Waals surface area contributed by atoms with Crippen molar-refractivity contribution in [2.75, 3.05) is 31.5 Å². The Hall–Kier alpha value is -1.33. The Labute approximate surface area is 110 Å². The first-order valence-corrected chi connectivity index (χ1v) is 6.51. The van der Waals surface area contributed by atoms with E-state index in [1.165, 1.54) is 0 Å². The zero-order valence-electron chi connectivity index (χ0n) is 10.2. The van der Waals surface area contributed by atoms with E-state index in [1.54, 1.807) is 12.1 Å². The quantitative estimate of drug-likeness (QED) is 0.860. The molecule has 2 aromatic heterocycles. The minimum atomic E-state index is 0.430. The molecule has 1 N–H and O–H groups in total. The van der Waals surface area contributed by atoms with Gasteiger partial charge in [-0.3, -0.25) is 0 Å². The van der Waals surface area contributed by atoms with Crippen LogP contribution in [0, 0.1) is 5.92 Å². The molecule has 1 fully saturated rings. The first-order valence-electron chi connectivity index (χ1n) is 6.14. The number of hydrogen-bond donors (Lipinski definition) is 1. The van der Waals surface area contributed by atoms with Crippen molar-refractivity contribution >= 4 is 28.8 Å². The molecule has 0 aromatic carbocycles. The maximum atomic E-state index is 5.80. The highest BCUT2D eigenvalue weighted by molar-refractivity contribution is 6.29. The first-order chi connectivity index (χ1) is 8.74. The molecule has 0 amide bonds. The maximum absolute atomic E-state index is 5.80. The monoisotopic (exact) mass is 266 g/mol. The van der Waals surface area contributed by atoms with Crippen LogP contribution in [0.25, 0.3) is 11.2 Å². The molecule has 2 aromatic rings. The summed E-state index contributed by atoms with van der Waals surface area (Å²) in [7, 11) is 0. The van der Waals surface area contributed by atoms with Gasteiger partial charge in [-0.25, -0.2) is 4.98 Å². The highest BCUT2D eigenvalue weighted by Gasteiger charge is 2.25. The molecular weight excluding hydrogens is 252 g/mol. The van der Waals surface area contributed by atoms with Crippen LogP contribution in [-0.2, 0) is 0 Å². The van der Waals surface area contributed by atoms with Crippen LogP contribution in [-0.4, -0.2) is 41.0 Å². The van der Waals surface area contributed by atoms with E-state index in [1.807, 2.05) is 0 Å². The van der Waals surface area contributed by atoms with Crippen LogP contribution in [0.1, 0.15) is 6.92 Å². The zero-order valence-corrected chi connectivity index (χ0v) is 10.9. The van der Waals surface area contributed by atoms with Gasteiger partial charge in [-0.15, -0.1) is 0 Å². The number of fused-ring (bicyclic) bond motifs is 1. The third-order valence-electron chi connectivity index (χ3n) is 3.24. The van der Waals surface area contributed by atoms with Gasteiger partial charge in [0.1, 0.15) is 5.15 Å². The van der Waals surface area contributed by atoms with E-state index in [9.17, 15) is 0 Å².